The maximum Gasteiger partial charge on any atom is 0.261 e. The summed E-state index contributed by atoms with van der Waals surface area (Å²) in [5.41, 5.74) is 1.49. The van der Waals surface area contributed by atoms with Crippen LogP contribution < -0.4 is 9.46 Å². The zero-order valence-corrected chi connectivity index (χ0v) is 17.1. The average Bonchev–Trinajstić information content (AvgIpc) is 2.63. The van der Waals surface area contributed by atoms with E-state index in [1.165, 1.54) is 18.2 Å². The summed E-state index contributed by atoms with van der Waals surface area (Å²) in [6.07, 6.45) is 0. The molecule has 0 aliphatic heterocycles. The molecule has 0 fully saturated rings. The van der Waals surface area contributed by atoms with E-state index in [9.17, 15) is 13.2 Å². The SMILES string of the molecule is CCN(CC)C(=O)COc1ccc(S(=O)(=O)Nc2ccc(C)cc2)cc1Cl. The maximum atomic E-state index is 12.5. The lowest BCUT2D eigenvalue weighted by molar-refractivity contribution is -0.132. The van der Waals surface area contributed by atoms with Gasteiger partial charge in [0.25, 0.3) is 15.9 Å². The molecule has 0 unspecified atom stereocenters. The monoisotopic (exact) mass is 410 g/mol. The number of hydrogen-bond donors (Lipinski definition) is 1. The van der Waals surface area contributed by atoms with Crippen LogP contribution in [-0.4, -0.2) is 38.9 Å². The number of nitrogens with zero attached hydrogens (tertiary/aromatic N) is 1. The zero-order chi connectivity index (χ0) is 20.0. The molecule has 1 N–H and O–H groups in total. The van der Waals surface area contributed by atoms with Crippen molar-refractivity contribution in [3.8, 4) is 5.75 Å². The highest BCUT2D eigenvalue weighted by molar-refractivity contribution is 7.92. The molecule has 0 heterocycles. The molecule has 0 saturated heterocycles. The van der Waals surface area contributed by atoms with Crippen LogP contribution in [0.3, 0.4) is 0 Å². The van der Waals surface area contributed by atoms with Gasteiger partial charge >= 0.3 is 0 Å². The van der Waals surface area contributed by atoms with E-state index in [0.717, 1.165) is 5.56 Å². The summed E-state index contributed by atoms with van der Waals surface area (Å²) in [4.78, 5) is 13.6. The number of likely N-dealkylation sites (N-methyl/N-ethyl adjacent to an activating group) is 1. The number of amides is 1. The van der Waals surface area contributed by atoms with Gasteiger partial charge in [0.1, 0.15) is 5.75 Å². The first-order valence-electron chi connectivity index (χ1n) is 8.56. The highest BCUT2D eigenvalue weighted by Crippen LogP contribution is 2.28. The van der Waals surface area contributed by atoms with Crippen LogP contribution in [0.1, 0.15) is 19.4 Å². The van der Waals surface area contributed by atoms with Crippen molar-refractivity contribution in [2.45, 2.75) is 25.7 Å². The van der Waals surface area contributed by atoms with Crippen LogP contribution in [-0.2, 0) is 14.8 Å². The lowest BCUT2D eigenvalue weighted by atomic mass is 10.2. The normalized spacial score (nSPS) is 11.1. The Kier molecular flexibility index (Phi) is 7.10. The Morgan fingerprint density at radius 1 is 1.11 bits per heavy atom. The Balaban J connectivity index is 2.10. The number of halogens is 1. The maximum absolute atomic E-state index is 12.5. The van der Waals surface area contributed by atoms with E-state index in [-0.39, 0.29) is 28.2 Å². The van der Waals surface area contributed by atoms with Gasteiger partial charge in [-0.3, -0.25) is 9.52 Å². The van der Waals surface area contributed by atoms with Crippen molar-refractivity contribution in [3.05, 3.63) is 53.1 Å². The van der Waals surface area contributed by atoms with Crippen LogP contribution in [0.2, 0.25) is 5.02 Å². The predicted molar refractivity (Wildman–Crippen MR) is 107 cm³/mol. The number of anilines is 1. The second kappa shape index (κ2) is 9.10. The number of rotatable bonds is 8. The standard InChI is InChI=1S/C19H23ClN2O4S/c1-4-22(5-2)19(23)13-26-18-11-10-16(12-17(18)20)27(24,25)21-15-8-6-14(3)7-9-15/h6-12,21H,4-5,13H2,1-3H3. The number of carbonyl (C=O) groups is 1. The van der Waals surface area contributed by atoms with Crippen LogP contribution >= 0.6 is 11.6 Å². The molecule has 2 rings (SSSR count). The number of carbonyl (C=O) groups excluding carboxylic acids is 1. The molecule has 27 heavy (non-hydrogen) atoms. The van der Waals surface area contributed by atoms with Crippen molar-refractivity contribution in [2.75, 3.05) is 24.4 Å². The third-order valence-corrected chi connectivity index (χ3v) is 5.66. The van der Waals surface area contributed by atoms with Gasteiger partial charge in [0.2, 0.25) is 0 Å². The minimum atomic E-state index is -3.78. The first kappa shape index (κ1) is 21.1. The summed E-state index contributed by atoms with van der Waals surface area (Å²) in [7, 11) is -3.78. The minimum absolute atomic E-state index is 0.00972. The third kappa shape index (κ3) is 5.61. The van der Waals surface area contributed by atoms with E-state index in [0.29, 0.717) is 18.8 Å². The fraction of sp³-hybridized carbons (Fsp3) is 0.316. The van der Waals surface area contributed by atoms with Gasteiger partial charge in [0, 0.05) is 18.8 Å². The third-order valence-electron chi connectivity index (χ3n) is 3.98. The van der Waals surface area contributed by atoms with Gasteiger partial charge in [-0.05, 0) is 51.1 Å². The highest BCUT2D eigenvalue weighted by atomic mass is 35.5. The number of benzene rings is 2. The molecular weight excluding hydrogens is 388 g/mol. The predicted octanol–water partition coefficient (Wildman–Crippen LogP) is 3.70. The van der Waals surface area contributed by atoms with Gasteiger partial charge in [-0.1, -0.05) is 29.3 Å². The fourth-order valence-corrected chi connectivity index (χ4v) is 3.79. The molecule has 1 amide bonds. The molecule has 0 radical (unpaired) electrons. The molecule has 0 aromatic heterocycles. The fourth-order valence-electron chi connectivity index (χ4n) is 2.41. The number of hydrogen-bond acceptors (Lipinski definition) is 4. The summed E-state index contributed by atoms with van der Waals surface area (Å²) >= 11 is 6.15. The van der Waals surface area contributed by atoms with Gasteiger partial charge in [-0.15, -0.1) is 0 Å². The number of sulfonamides is 1. The smallest absolute Gasteiger partial charge is 0.261 e. The minimum Gasteiger partial charge on any atom is -0.482 e. The summed E-state index contributed by atoms with van der Waals surface area (Å²) in [6, 6.07) is 11.1. The molecule has 2 aromatic carbocycles. The zero-order valence-electron chi connectivity index (χ0n) is 15.5. The van der Waals surface area contributed by atoms with Crippen LogP contribution in [0, 0.1) is 6.92 Å². The molecule has 6 nitrogen and oxygen atoms in total. The molecule has 146 valence electrons. The molecule has 0 saturated carbocycles. The topological polar surface area (TPSA) is 75.7 Å². The Morgan fingerprint density at radius 3 is 2.30 bits per heavy atom. The van der Waals surface area contributed by atoms with Gasteiger partial charge in [0.05, 0.1) is 9.92 Å². The first-order valence-corrected chi connectivity index (χ1v) is 10.4. The van der Waals surface area contributed by atoms with Crippen molar-refractivity contribution in [2.24, 2.45) is 0 Å². The molecule has 0 aliphatic carbocycles. The lowest BCUT2D eigenvalue weighted by Gasteiger charge is -2.19. The number of ether oxygens (including phenoxy) is 1. The number of aryl methyl sites for hydroxylation is 1. The molecule has 0 bridgehead atoms. The van der Waals surface area contributed by atoms with Crippen LogP contribution in [0.4, 0.5) is 5.69 Å². The van der Waals surface area contributed by atoms with Crippen molar-refractivity contribution in [1.29, 1.82) is 0 Å². The Bertz CT molecular complexity index is 894. The number of nitrogens with one attached hydrogen (secondary N) is 1. The second-order valence-corrected chi connectivity index (χ2v) is 8.01. The van der Waals surface area contributed by atoms with Crippen molar-refractivity contribution < 1.29 is 17.9 Å². The highest BCUT2D eigenvalue weighted by Gasteiger charge is 2.17. The summed E-state index contributed by atoms with van der Waals surface area (Å²) in [5.74, 6) is 0.0975. The first-order chi connectivity index (χ1) is 12.8. The molecule has 8 heteroatoms. The van der Waals surface area contributed by atoms with Crippen LogP contribution in [0.5, 0.6) is 5.75 Å². The van der Waals surface area contributed by atoms with Crippen LogP contribution in [0.15, 0.2) is 47.4 Å². The van der Waals surface area contributed by atoms with E-state index in [1.807, 2.05) is 32.9 Å². The van der Waals surface area contributed by atoms with Crippen LogP contribution in [0.25, 0.3) is 0 Å². The summed E-state index contributed by atoms with van der Waals surface area (Å²) < 4.78 is 33.0. The van der Waals surface area contributed by atoms with Gasteiger partial charge in [-0.2, -0.15) is 0 Å². The van der Waals surface area contributed by atoms with Crippen molar-refractivity contribution in [3.63, 3.8) is 0 Å². The molecule has 2 aromatic rings. The van der Waals surface area contributed by atoms with E-state index in [2.05, 4.69) is 4.72 Å². The molecule has 0 atom stereocenters. The Hall–Kier alpha value is -2.25. The summed E-state index contributed by atoms with van der Waals surface area (Å²) in [5, 5.41) is 0.120. The second-order valence-electron chi connectivity index (χ2n) is 5.92. The quantitative estimate of drug-likeness (QED) is 0.720. The van der Waals surface area contributed by atoms with Crippen molar-refractivity contribution in [1.82, 2.24) is 4.90 Å². The average molecular weight is 411 g/mol. The van der Waals surface area contributed by atoms with Crippen molar-refractivity contribution >= 4 is 33.2 Å². The van der Waals surface area contributed by atoms with E-state index in [1.54, 1.807) is 17.0 Å². The van der Waals surface area contributed by atoms with Gasteiger partial charge < -0.3 is 9.64 Å². The summed E-state index contributed by atoms with van der Waals surface area (Å²) in [6.45, 7) is 6.71. The van der Waals surface area contributed by atoms with E-state index in [4.69, 9.17) is 16.3 Å². The largest absolute Gasteiger partial charge is 0.482 e. The van der Waals surface area contributed by atoms with E-state index >= 15 is 0 Å². The Morgan fingerprint density at radius 2 is 1.74 bits per heavy atom. The van der Waals surface area contributed by atoms with Gasteiger partial charge in [0.15, 0.2) is 6.61 Å². The molecular formula is C19H23ClN2O4S. The van der Waals surface area contributed by atoms with Gasteiger partial charge in [-0.25, -0.2) is 8.42 Å². The molecule has 0 spiro atoms. The Labute approximate surface area is 165 Å². The lowest BCUT2D eigenvalue weighted by Crippen LogP contribution is -2.34. The molecule has 0 aliphatic rings. The van der Waals surface area contributed by atoms with E-state index < -0.39 is 10.0 Å².